The van der Waals surface area contributed by atoms with E-state index in [0.717, 1.165) is 13.0 Å². The molecule has 18 heavy (non-hydrogen) atoms. The average molecular weight is 242 g/mol. The minimum absolute atomic E-state index is 0.206. The topological polar surface area (TPSA) is 30.9 Å². The Hall–Kier alpha value is -1.54. The van der Waals surface area contributed by atoms with Crippen LogP contribution in [0.1, 0.15) is 29.3 Å². The fraction of sp³-hybridized carbons (Fsp3) is 0.375. The van der Waals surface area contributed by atoms with E-state index in [1.807, 2.05) is 6.92 Å². The molecule has 0 saturated heterocycles. The maximum atomic E-state index is 5.88. The summed E-state index contributed by atoms with van der Waals surface area (Å²) in [6.07, 6.45) is 3.06. The van der Waals surface area contributed by atoms with Crippen LogP contribution in [0.3, 0.4) is 0 Å². The minimum atomic E-state index is 0.206. The molecule has 1 atom stereocenters. The summed E-state index contributed by atoms with van der Waals surface area (Å²) in [5, 5.41) is 0. The third-order valence-corrected chi connectivity index (χ3v) is 3.09. The molecule has 0 aliphatic rings. The van der Waals surface area contributed by atoms with E-state index in [1.54, 1.807) is 0 Å². The Morgan fingerprint density at radius 3 is 2.44 bits per heavy atom. The van der Waals surface area contributed by atoms with Gasteiger partial charge in [-0.1, -0.05) is 29.3 Å². The van der Waals surface area contributed by atoms with Crippen molar-refractivity contribution in [3.63, 3.8) is 0 Å². The summed E-state index contributed by atoms with van der Waals surface area (Å²) >= 11 is 0. The lowest BCUT2D eigenvalue weighted by Crippen LogP contribution is -2.20. The van der Waals surface area contributed by atoms with Gasteiger partial charge in [-0.2, -0.15) is 0 Å². The van der Waals surface area contributed by atoms with Crippen molar-refractivity contribution in [2.75, 3.05) is 0 Å². The SMILES string of the molecule is Cc1cc(C)cc(Cn2cccc2CC(C)N)c1. The molecule has 0 spiro atoms. The van der Waals surface area contributed by atoms with E-state index in [-0.39, 0.29) is 6.04 Å². The Bertz CT molecular complexity index is 503. The van der Waals surface area contributed by atoms with Gasteiger partial charge in [-0.05, 0) is 38.5 Å². The van der Waals surface area contributed by atoms with Crippen LogP contribution >= 0.6 is 0 Å². The number of aromatic nitrogens is 1. The van der Waals surface area contributed by atoms with E-state index in [0.29, 0.717) is 0 Å². The Kier molecular flexibility index (Phi) is 3.87. The molecule has 2 nitrogen and oxygen atoms in total. The highest BCUT2D eigenvalue weighted by molar-refractivity contribution is 5.29. The normalized spacial score (nSPS) is 12.7. The number of aryl methyl sites for hydroxylation is 2. The molecular weight excluding hydrogens is 220 g/mol. The van der Waals surface area contributed by atoms with Crippen LogP contribution in [-0.4, -0.2) is 10.6 Å². The predicted molar refractivity (Wildman–Crippen MR) is 76.8 cm³/mol. The van der Waals surface area contributed by atoms with Crippen molar-refractivity contribution in [2.45, 2.75) is 39.8 Å². The first kappa shape index (κ1) is 12.9. The zero-order valence-electron chi connectivity index (χ0n) is 11.5. The Labute approximate surface area is 109 Å². The zero-order valence-corrected chi connectivity index (χ0v) is 11.5. The molecule has 2 rings (SSSR count). The first-order valence-electron chi connectivity index (χ1n) is 6.51. The third-order valence-electron chi connectivity index (χ3n) is 3.09. The summed E-state index contributed by atoms with van der Waals surface area (Å²) in [5.41, 5.74) is 11.2. The lowest BCUT2D eigenvalue weighted by Gasteiger charge is -2.12. The van der Waals surface area contributed by atoms with Crippen molar-refractivity contribution < 1.29 is 0 Å². The maximum Gasteiger partial charge on any atom is 0.0473 e. The van der Waals surface area contributed by atoms with Crippen LogP contribution in [0.5, 0.6) is 0 Å². The first-order valence-corrected chi connectivity index (χ1v) is 6.51. The number of nitrogens with two attached hydrogens (primary N) is 1. The van der Waals surface area contributed by atoms with Crippen molar-refractivity contribution in [2.24, 2.45) is 5.73 Å². The summed E-state index contributed by atoms with van der Waals surface area (Å²) in [7, 11) is 0. The second-order valence-corrected chi connectivity index (χ2v) is 5.30. The van der Waals surface area contributed by atoms with Crippen molar-refractivity contribution in [1.29, 1.82) is 0 Å². The van der Waals surface area contributed by atoms with Crippen molar-refractivity contribution in [3.8, 4) is 0 Å². The molecule has 2 N–H and O–H groups in total. The van der Waals surface area contributed by atoms with Gasteiger partial charge in [0.25, 0.3) is 0 Å². The monoisotopic (exact) mass is 242 g/mol. The van der Waals surface area contributed by atoms with Gasteiger partial charge in [-0.15, -0.1) is 0 Å². The highest BCUT2D eigenvalue weighted by atomic mass is 15.0. The largest absolute Gasteiger partial charge is 0.347 e. The fourth-order valence-corrected chi connectivity index (χ4v) is 2.48. The quantitative estimate of drug-likeness (QED) is 0.877. The molecule has 1 aromatic carbocycles. The van der Waals surface area contributed by atoms with Gasteiger partial charge in [-0.25, -0.2) is 0 Å². The van der Waals surface area contributed by atoms with Gasteiger partial charge in [0.1, 0.15) is 0 Å². The smallest absolute Gasteiger partial charge is 0.0473 e. The van der Waals surface area contributed by atoms with Gasteiger partial charge >= 0.3 is 0 Å². The summed E-state index contributed by atoms with van der Waals surface area (Å²) in [4.78, 5) is 0. The van der Waals surface area contributed by atoms with Crippen LogP contribution in [0.4, 0.5) is 0 Å². The molecule has 0 aliphatic carbocycles. The van der Waals surface area contributed by atoms with Crippen LogP contribution < -0.4 is 5.73 Å². The lowest BCUT2D eigenvalue weighted by molar-refractivity contribution is 0.666. The molecule has 1 unspecified atom stereocenters. The lowest BCUT2D eigenvalue weighted by atomic mass is 10.1. The molecule has 0 saturated carbocycles. The van der Waals surface area contributed by atoms with Gasteiger partial charge in [0.05, 0.1) is 0 Å². The molecule has 2 heteroatoms. The second-order valence-electron chi connectivity index (χ2n) is 5.30. The molecule has 0 fully saturated rings. The van der Waals surface area contributed by atoms with Gasteiger partial charge in [0.2, 0.25) is 0 Å². The van der Waals surface area contributed by atoms with Gasteiger partial charge in [0.15, 0.2) is 0 Å². The number of hydrogen-bond acceptors (Lipinski definition) is 1. The highest BCUT2D eigenvalue weighted by Gasteiger charge is 2.05. The van der Waals surface area contributed by atoms with Crippen molar-refractivity contribution >= 4 is 0 Å². The molecule has 2 aromatic rings. The molecule has 0 bridgehead atoms. The molecule has 0 amide bonds. The molecule has 0 aliphatic heterocycles. The minimum Gasteiger partial charge on any atom is -0.347 e. The van der Waals surface area contributed by atoms with Gasteiger partial charge in [0, 0.05) is 30.9 Å². The Balaban J connectivity index is 2.20. The summed E-state index contributed by atoms with van der Waals surface area (Å²) < 4.78 is 2.29. The standard InChI is InChI=1S/C16H22N2/c1-12-7-13(2)9-15(8-12)11-18-6-4-5-16(18)10-14(3)17/h4-9,14H,10-11,17H2,1-3H3. The highest BCUT2D eigenvalue weighted by Crippen LogP contribution is 2.13. The number of hydrogen-bond donors (Lipinski definition) is 1. The summed E-state index contributed by atoms with van der Waals surface area (Å²) in [6, 6.07) is 11.2. The van der Waals surface area contributed by atoms with E-state index in [9.17, 15) is 0 Å². The van der Waals surface area contributed by atoms with E-state index < -0.39 is 0 Å². The van der Waals surface area contributed by atoms with Crippen LogP contribution in [-0.2, 0) is 13.0 Å². The first-order chi connectivity index (χ1) is 8.54. The summed E-state index contributed by atoms with van der Waals surface area (Å²) in [5.74, 6) is 0. The van der Waals surface area contributed by atoms with E-state index in [2.05, 4.69) is 54.9 Å². The average Bonchev–Trinajstić information content (AvgIpc) is 2.63. The predicted octanol–water partition coefficient (Wildman–Crippen LogP) is 3.04. The number of nitrogens with zero attached hydrogens (tertiary/aromatic N) is 1. The maximum absolute atomic E-state index is 5.88. The van der Waals surface area contributed by atoms with Crippen LogP contribution in [0.25, 0.3) is 0 Å². The molecule has 1 aromatic heterocycles. The fourth-order valence-electron chi connectivity index (χ4n) is 2.48. The van der Waals surface area contributed by atoms with Crippen molar-refractivity contribution in [1.82, 2.24) is 4.57 Å². The second kappa shape index (κ2) is 5.40. The number of benzene rings is 1. The van der Waals surface area contributed by atoms with E-state index >= 15 is 0 Å². The van der Waals surface area contributed by atoms with Gasteiger partial charge in [-0.3, -0.25) is 0 Å². The molecule has 96 valence electrons. The summed E-state index contributed by atoms with van der Waals surface area (Å²) in [6.45, 7) is 7.27. The van der Waals surface area contributed by atoms with Gasteiger partial charge < -0.3 is 10.3 Å². The molecule has 1 heterocycles. The van der Waals surface area contributed by atoms with Crippen LogP contribution in [0, 0.1) is 13.8 Å². The Morgan fingerprint density at radius 2 is 1.83 bits per heavy atom. The molecular formula is C16H22N2. The Morgan fingerprint density at radius 1 is 1.17 bits per heavy atom. The third kappa shape index (κ3) is 3.23. The van der Waals surface area contributed by atoms with Crippen molar-refractivity contribution in [3.05, 3.63) is 58.9 Å². The van der Waals surface area contributed by atoms with E-state index in [1.165, 1.54) is 22.4 Å². The van der Waals surface area contributed by atoms with Crippen LogP contribution in [0.15, 0.2) is 36.5 Å². The van der Waals surface area contributed by atoms with Crippen LogP contribution in [0.2, 0.25) is 0 Å². The number of rotatable bonds is 4. The molecule has 0 radical (unpaired) electrons. The zero-order chi connectivity index (χ0) is 13.1. The van der Waals surface area contributed by atoms with E-state index in [4.69, 9.17) is 5.73 Å².